The van der Waals surface area contributed by atoms with Crippen LogP contribution in [0.25, 0.3) is 0 Å². The molecule has 1 amide bonds. The highest BCUT2D eigenvalue weighted by Crippen LogP contribution is 2.25. The molecular formula is C14H13F2NO4. The van der Waals surface area contributed by atoms with Crippen LogP contribution in [0.3, 0.4) is 0 Å². The van der Waals surface area contributed by atoms with E-state index in [1.807, 2.05) is 0 Å². The number of hydrogen-bond acceptors (Lipinski definition) is 4. The SMILES string of the molecule is CC1(C)OC(=O)/C(=C/C(=O)NCc2ccc(F)c(F)c2)O1. The number of carbonyl (C=O) groups excluding carboxylic acids is 2. The topological polar surface area (TPSA) is 64.6 Å². The zero-order valence-corrected chi connectivity index (χ0v) is 11.4. The number of amides is 1. The van der Waals surface area contributed by atoms with Gasteiger partial charge in [0, 0.05) is 20.4 Å². The fraction of sp³-hybridized carbons (Fsp3) is 0.286. The molecular weight excluding hydrogens is 284 g/mol. The van der Waals surface area contributed by atoms with Crippen molar-refractivity contribution >= 4 is 11.9 Å². The van der Waals surface area contributed by atoms with E-state index in [4.69, 9.17) is 9.47 Å². The standard InChI is InChI=1S/C14H13F2NO4/c1-14(2)20-11(13(19)21-14)6-12(18)17-7-8-3-4-9(15)10(16)5-8/h3-6H,7H2,1-2H3,(H,17,18)/b11-6-. The lowest BCUT2D eigenvalue weighted by Crippen LogP contribution is -2.22. The number of benzene rings is 1. The van der Waals surface area contributed by atoms with E-state index in [2.05, 4.69) is 5.32 Å². The lowest BCUT2D eigenvalue weighted by atomic mass is 10.2. The summed E-state index contributed by atoms with van der Waals surface area (Å²) in [6.45, 7) is 3.05. The molecule has 21 heavy (non-hydrogen) atoms. The highest BCUT2D eigenvalue weighted by Gasteiger charge is 2.37. The molecule has 0 aromatic heterocycles. The van der Waals surface area contributed by atoms with Crippen molar-refractivity contribution in [2.45, 2.75) is 26.2 Å². The van der Waals surface area contributed by atoms with Gasteiger partial charge in [-0.15, -0.1) is 0 Å². The molecule has 0 atom stereocenters. The van der Waals surface area contributed by atoms with Gasteiger partial charge >= 0.3 is 5.97 Å². The summed E-state index contributed by atoms with van der Waals surface area (Å²) < 4.78 is 35.7. The van der Waals surface area contributed by atoms with Crippen LogP contribution < -0.4 is 5.32 Å². The average molecular weight is 297 g/mol. The maximum Gasteiger partial charge on any atom is 0.377 e. The Balaban J connectivity index is 1.96. The second kappa shape index (κ2) is 5.51. The first kappa shape index (κ1) is 15.0. The monoisotopic (exact) mass is 297 g/mol. The van der Waals surface area contributed by atoms with Gasteiger partial charge in [0.15, 0.2) is 11.6 Å². The third-order valence-corrected chi connectivity index (χ3v) is 2.61. The van der Waals surface area contributed by atoms with Crippen LogP contribution in [0.4, 0.5) is 8.78 Å². The van der Waals surface area contributed by atoms with Crippen molar-refractivity contribution in [3.63, 3.8) is 0 Å². The highest BCUT2D eigenvalue weighted by molar-refractivity contribution is 5.97. The van der Waals surface area contributed by atoms with Gasteiger partial charge in [-0.25, -0.2) is 13.6 Å². The Morgan fingerprint density at radius 3 is 2.57 bits per heavy atom. The number of nitrogens with one attached hydrogen (secondary N) is 1. The molecule has 1 heterocycles. The minimum Gasteiger partial charge on any atom is -0.445 e. The molecule has 0 spiro atoms. The van der Waals surface area contributed by atoms with Gasteiger partial charge in [0.05, 0.1) is 6.08 Å². The Morgan fingerprint density at radius 1 is 1.29 bits per heavy atom. The van der Waals surface area contributed by atoms with Crippen molar-refractivity contribution in [2.75, 3.05) is 0 Å². The van der Waals surface area contributed by atoms with Gasteiger partial charge < -0.3 is 14.8 Å². The zero-order chi connectivity index (χ0) is 15.6. The van der Waals surface area contributed by atoms with E-state index in [-0.39, 0.29) is 12.3 Å². The van der Waals surface area contributed by atoms with Crippen LogP contribution in [-0.2, 0) is 25.6 Å². The smallest absolute Gasteiger partial charge is 0.377 e. The Hall–Kier alpha value is -2.44. The molecule has 1 aromatic rings. The predicted octanol–water partition coefficient (Wildman–Crippen LogP) is 1.77. The molecule has 1 fully saturated rings. The van der Waals surface area contributed by atoms with Gasteiger partial charge in [-0.2, -0.15) is 0 Å². The summed E-state index contributed by atoms with van der Waals surface area (Å²) in [6.07, 6.45) is 0.955. The number of cyclic esters (lactones) is 1. The highest BCUT2D eigenvalue weighted by atomic mass is 19.2. The first-order valence-corrected chi connectivity index (χ1v) is 6.13. The summed E-state index contributed by atoms with van der Waals surface area (Å²) in [5.74, 6) is -4.61. The molecule has 0 bridgehead atoms. The molecule has 1 N–H and O–H groups in total. The summed E-state index contributed by atoms with van der Waals surface area (Å²) >= 11 is 0. The number of rotatable bonds is 3. The van der Waals surface area contributed by atoms with Crippen LogP contribution in [-0.4, -0.2) is 17.7 Å². The number of carbonyl (C=O) groups is 2. The van der Waals surface area contributed by atoms with Crippen LogP contribution in [0, 0.1) is 11.6 Å². The fourth-order valence-corrected chi connectivity index (χ4v) is 1.70. The van der Waals surface area contributed by atoms with Crippen molar-refractivity contribution in [1.29, 1.82) is 0 Å². The fourth-order valence-electron chi connectivity index (χ4n) is 1.70. The summed E-state index contributed by atoms with van der Waals surface area (Å²) in [5, 5.41) is 2.43. The van der Waals surface area contributed by atoms with Gasteiger partial charge in [-0.1, -0.05) is 6.07 Å². The largest absolute Gasteiger partial charge is 0.445 e. The van der Waals surface area contributed by atoms with Crippen LogP contribution in [0.2, 0.25) is 0 Å². The number of hydrogen-bond donors (Lipinski definition) is 1. The maximum atomic E-state index is 13.0. The predicted molar refractivity (Wildman–Crippen MR) is 67.5 cm³/mol. The zero-order valence-electron chi connectivity index (χ0n) is 11.4. The Morgan fingerprint density at radius 2 is 2.00 bits per heavy atom. The third kappa shape index (κ3) is 3.77. The van der Waals surface area contributed by atoms with Gasteiger partial charge in [0.2, 0.25) is 17.5 Å². The summed E-state index contributed by atoms with van der Waals surface area (Å²) in [4.78, 5) is 23.0. The quantitative estimate of drug-likeness (QED) is 0.682. The molecule has 0 aliphatic carbocycles. The first-order chi connectivity index (χ1) is 9.77. The Bertz CT molecular complexity index is 625. The minimum atomic E-state index is -1.11. The first-order valence-electron chi connectivity index (χ1n) is 6.13. The average Bonchev–Trinajstić information content (AvgIpc) is 2.64. The molecule has 112 valence electrons. The summed E-state index contributed by atoms with van der Waals surface area (Å²) in [6, 6.07) is 3.29. The molecule has 1 aliphatic heterocycles. The van der Waals surface area contributed by atoms with Crippen molar-refractivity contribution < 1.29 is 27.8 Å². The molecule has 2 rings (SSSR count). The van der Waals surface area contributed by atoms with Gasteiger partial charge in [-0.3, -0.25) is 4.79 Å². The van der Waals surface area contributed by atoms with Crippen LogP contribution in [0.1, 0.15) is 19.4 Å². The molecule has 1 aromatic carbocycles. The maximum absolute atomic E-state index is 13.0. The van der Waals surface area contributed by atoms with E-state index in [1.165, 1.54) is 19.9 Å². The molecule has 7 heteroatoms. The van der Waals surface area contributed by atoms with Gasteiger partial charge in [0.25, 0.3) is 0 Å². The van der Waals surface area contributed by atoms with Crippen molar-refractivity contribution in [1.82, 2.24) is 5.32 Å². The molecule has 5 nitrogen and oxygen atoms in total. The van der Waals surface area contributed by atoms with Crippen LogP contribution >= 0.6 is 0 Å². The normalized spacial score (nSPS) is 18.3. The second-order valence-corrected chi connectivity index (χ2v) is 4.87. The van der Waals surface area contributed by atoms with E-state index >= 15 is 0 Å². The molecule has 0 saturated carbocycles. The van der Waals surface area contributed by atoms with Crippen LogP contribution in [0.5, 0.6) is 0 Å². The van der Waals surface area contributed by atoms with Crippen molar-refractivity contribution in [3.05, 3.63) is 47.2 Å². The third-order valence-electron chi connectivity index (χ3n) is 2.61. The lowest BCUT2D eigenvalue weighted by molar-refractivity contribution is -0.159. The molecule has 1 saturated heterocycles. The Kier molecular flexibility index (Phi) is 3.93. The number of ether oxygens (including phenoxy) is 2. The Labute approximate surface area is 119 Å². The molecule has 1 aliphatic rings. The van der Waals surface area contributed by atoms with Crippen LogP contribution in [0.15, 0.2) is 30.0 Å². The van der Waals surface area contributed by atoms with E-state index < -0.39 is 29.3 Å². The lowest BCUT2D eigenvalue weighted by Gasteiger charge is -2.13. The van der Waals surface area contributed by atoms with Gasteiger partial charge in [-0.05, 0) is 17.7 Å². The van der Waals surface area contributed by atoms with Crippen molar-refractivity contribution in [2.24, 2.45) is 0 Å². The van der Waals surface area contributed by atoms with Gasteiger partial charge in [0.1, 0.15) is 0 Å². The summed E-state index contributed by atoms with van der Waals surface area (Å²) in [7, 11) is 0. The second-order valence-electron chi connectivity index (χ2n) is 4.87. The van der Waals surface area contributed by atoms with Crippen molar-refractivity contribution in [3.8, 4) is 0 Å². The van der Waals surface area contributed by atoms with E-state index in [0.717, 1.165) is 18.2 Å². The number of esters is 1. The van der Waals surface area contributed by atoms with E-state index in [0.29, 0.717) is 5.56 Å². The summed E-state index contributed by atoms with van der Waals surface area (Å²) in [5.41, 5.74) is 0.385. The van der Waals surface area contributed by atoms with E-state index in [1.54, 1.807) is 0 Å². The van der Waals surface area contributed by atoms with E-state index in [9.17, 15) is 18.4 Å². The minimum absolute atomic E-state index is 0.0156. The number of halogens is 2. The molecule has 0 radical (unpaired) electrons. The molecule has 0 unspecified atom stereocenters.